The minimum absolute atomic E-state index is 0.00172. The number of hydrogen-bond acceptors (Lipinski definition) is 3. The number of rotatable bonds is 7. The van der Waals surface area contributed by atoms with Gasteiger partial charge in [0.15, 0.2) is 0 Å². The minimum atomic E-state index is -0.0967. The molecule has 0 fully saturated rings. The Balaban J connectivity index is 2.52. The molecule has 5 heteroatoms. The zero-order chi connectivity index (χ0) is 14.3. The van der Waals surface area contributed by atoms with Crippen LogP contribution in [0.25, 0.3) is 0 Å². The van der Waals surface area contributed by atoms with Gasteiger partial charge < -0.3 is 15.3 Å². The maximum absolute atomic E-state index is 12.0. The second-order valence-electron chi connectivity index (χ2n) is 5.23. The Morgan fingerprint density at radius 1 is 1.47 bits per heavy atom. The molecule has 0 aromatic carbocycles. The van der Waals surface area contributed by atoms with Crippen LogP contribution in [0.5, 0.6) is 0 Å². The highest BCUT2D eigenvalue weighted by Gasteiger charge is 2.23. The van der Waals surface area contributed by atoms with Gasteiger partial charge in [0.1, 0.15) is 0 Å². The van der Waals surface area contributed by atoms with Crippen LogP contribution in [0.2, 0.25) is 0 Å². The Morgan fingerprint density at radius 2 is 2.21 bits per heavy atom. The number of aliphatic hydroxyl groups is 1. The van der Waals surface area contributed by atoms with Gasteiger partial charge in [-0.15, -0.1) is 11.3 Å². The number of thiophene rings is 1. The van der Waals surface area contributed by atoms with E-state index in [-0.39, 0.29) is 18.1 Å². The van der Waals surface area contributed by atoms with Crippen molar-refractivity contribution >= 4 is 17.4 Å². The van der Waals surface area contributed by atoms with Gasteiger partial charge in [-0.05, 0) is 17.9 Å². The molecule has 1 aromatic heterocycles. The second-order valence-corrected chi connectivity index (χ2v) is 6.18. The third-order valence-electron chi connectivity index (χ3n) is 3.02. The summed E-state index contributed by atoms with van der Waals surface area (Å²) in [6, 6.07) is 4.02. The standard InChI is InChI=1S/C14H24N2O2S/c1-4-7-16(8-9-17)13(18)15-11-14(2,3)12-6-5-10-19-12/h5-6,10,17H,4,7-9,11H2,1-3H3,(H,15,18). The van der Waals surface area contributed by atoms with E-state index < -0.39 is 0 Å². The van der Waals surface area contributed by atoms with E-state index in [2.05, 4.69) is 25.2 Å². The fourth-order valence-electron chi connectivity index (χ4n) is 1.86. The normalized spacial score (nSPS) is 11.4. The lowest BCUT2D eigenvalue weighted by Gasteiger charge is -2.27. The van der Waals surface area contributed by atoms with E-state index in [0.29, 0.717) is 19.6 Å². The van der Waals surface area contributed by atoms with Crippen LogP contribution in [-0.2, 0) is 5.41 Å². The van der Waals surface area contributed by atoms with Crippen molar-refractivity contribution < 1.29 is 9.90 Å². The molecular weight excluding hydrogens is 260 g/mol. The van der Waals surface area contributed by atoms with E-state index in [1.165, 1.54) is 4.88 Å². The Hall–Kier alpha value is -1.07. The molecule has 108 valence electrons. The van der Waals surface area contributed by atoms with E-state index in [4.69, 9.17) is 5.11 Å². The lowest BCUT2D eigenvalue weighted by Crippen LogP contribution is -2.45. The molecule has 0 saturated carbocycles. The Kier molecular flexibility index (Phi) is 6.31. The summed E-state index contributed by atoms with van der Waals surface area (Å²) in [5.41, 5.74) is -0.0685. The number of amides is 2. The molecule has 2 amide bonds. The van der Waals surface area contributed by atoms with Crippen molar-refractivity contribution in [3.8, 4) is 0 Å². The fraction of sp³-hybridized carbons (Fsp3) is 0.643. The first-order valence-electron chi connectivity index (χ1n) is 6.69. The fourth-order valence-corrected chi connectivity index (χ4v) is 2.72. The Labute approximate surface area is 119 Å². The zero-order valence-electron chi connectivity index (χ0n) is 12.0. The first-order chi connectivity index (χ1) is 9.01. The van der Waals surface area contributed by atoms with Crippen molar-refractivity contribution in [2.45, 2.75) is 32.6 Å². The van der Waals surface area contributed by atoms with Crippen LogP contribution in [0.4, 0.5) is 4.79 Å². The molecule has 0 spiro atoms. The molecule has 0 atom stereocenters. The quantitative estimate of drug-likeness (QED) is 0.808. The largest absolute Gasteiger partial charge is 0.395 e. The molecule has 0 aliphatic carbocycles. The van der Waals surface area contributed by atoms with Crippen LogP contribution in [-0.4, -0.2) is 42.3 Å². The molecule has 4 nitrogen and oxygen atoms in total. The molecule has 0 aliphatic heterocycles. The van der Waals surface area contributed by atoms with Crippen molar-refractivity contribution in [2.24, 2.45) is 0 Å². The predicted molar refractivity (Wildman–Crippen MR) is 79.7 cm³/mol. The third-order valence-corrected chi connectivity index (χ3v) is 4.26. The number of aliphatic hydroxyl groups excluding tert-OH is 1. The summed E-state index contributed by atoms with van der Waals surface area (Å²) in [4.78, 5) is 15.0. The summed E-state index contributed by atoms with van der Waals surface area (Å²) >= 11 is 1.71. The van der Waals surface area contributed by atoms with E-state index in [1.807, 2.05) is 18.4 Å². The van der Waals surface area contributed by atoms with Gasteiger partial charge in [-0.25, -0.2) is 4.79 Å². The van der Waals surface area contributed by atoms with Gasteiger partial charge in [0.05, 0.1) is 6.61 Å². The van der Waals surface area contributed by atoms with Gasteiger partial charge >= 0.3 is 6.03 Å². The molecule has 1 aromatic rings. The predicted octanol–water partition coefficient (Wildman–Crippen LogP) is 2.44. The van der Waals surface area contributed by atoms with Gasteiger partial charge in [0.25, 0.3) is 0 Å². The topological polar surface area (TPSA) is 52.6 Å². The molecule has 0 radical (unpaired) electrons. The van der Waals surface area contributed by atoms with Gasteiger partial charge in [-0.2, -0.15) is 0 Å². The van der Waals surface area contributed by atoms with Crippen molar-refractivity contribution in [3.05, 3.63) is 22.4 Å². The first-order valence-corrected chi connectivity index (χ1v) is 7.57. The summed E-state index contributed by atoms with van der Waals surface area (Å²) < 4.78 is 0. The summed E-state index contributed by atoms with van der Waals surface area (Å²) in [5, 5.41) is 14.0. The summed E-state index contributed by atoms with van der Waals surface area (Å²) in [5.74, 6) is 0. The molecule has 1 heterocycles. The summed E-state index contributed by atoms with van der Waals surface area (Å²) in [6.45, 7) is 7.92. The first kappa shape index (κ1) is 16.0. The molecule has 19 heavy (non-hydrogen) atoms. The van der Waals surface area contributed by atoms with E-state index in [0.717, 1.165) is 6.42 Å². The highest BCUT2D eigenvalue weighted by Crippen LogP contribution is 2.26. The van der Waals surface area contributed by atoms with Crippen LogP contribution in [0.15, 0.2) is 17.5 Å². The highest BCUT2D eigenvalue weighted by atomic mass is 32.1. The van der Waals surface area contributed by atoms with Crippen LogP contribution in [0.3, 0.4) is 0 Å². The third kappa shape index (κ3) is 4.84. The van der Waals surface area contributed by atoms with Crippen molar-refractivity contribution in [3.63, 3.8) is 0 Å². The van der Waals surface area contributed by atoms with E-state index >= 15 is 0 Å². The van der Waals surface area contributed by atoms with Gasteiger partial charge in [0, 0.05) is 29.9 Å². The monoisotopic (exact) mass is 284 g/mol. The maximum atomic E-state index is 12.0. The van der Waals surface area contributed by atoms with Gasteiger partial charge in [-0.3, -0.25) is 0 Å². The lowest BCUT2D eigenvalue weighted by atomic mass is 9.91. The number of hydrogen-bond donors (Lipinski definition) is 2. The van der Waals surface area contributed by atoms with E-state index in [9.17, 15) is 4.79 Å². The number of nitrogens with zero attached hydrogens (tertiary/aromatic N) is 1. The average molecular weight is 284 g/mol. The Morgan fingerprint density at radius 3 is 2.74 bits per heavy atom. The number of carbonyl (C=O) groups excluding carboxylic acids is 1. The SMILES string of the molecule is CCCN(CCO)C(=O)NCC(C)(C)c1cccs1. The maximum Gasteiger partial charge on any atom is 0.317 e. The van der Waals surface area contributed by atoms with Crippen LogP contribution < -0.4 is 5.32 Å². The minimum Gasteiger partial charge on any atom is -0.395 e. The number of nitrogens with one attached hydrogen (secondary N) is 1. The lowest BCUT2D eigenvalue weighted by molar-refractivity contribution is 0.175. The molecule has 0 aliphatic rings. The van der Waals surface area contributed by atoms with Gasteiger partial charge in [-0.1, -0.05) is 26.8 Å². The molecule has 0 bridgehead atoms. The number of carbonyl (C=O) groups is 1. The van der Waals surface area contributed by atoms with E-state index in [1.54, 1.807) is 16.2 Å². The Bertz CT molecular complexity index is 371. The average Bonchev–Trinajstić information content (AvgIpc) is 2.90. The van der Waals surface area contributed by atoms with Gasteiger partial charge in [0.2, 0.25) is 0 Å². The van der Waals surface area contributed by atoms with Crippen LogP contribution >= 0.6 is 11.3 Å². The molecular formula is C14H24N2O2S. The smallest absolute Gasteiger partial charge is 0.317 e. The van der Waals surface area contributed by atoms with Crippen molar-refractivity contribution in [1.82, 2.24) is 10.2 Å². The number of urea groups is 1. The van der Waals surface area contributed by atoms with Crippen molar-refractivity contribution in [1.29, 1.82) is 0 Å². The molecule has 1 rings (SSSR count). The van der Waals surface area contributed by atoms with Crippen LogP contribution in [0.1, 0.15) is 32.1 Å². The zero-order valence-corrected chi connectivity index (χ0v) is 12.8. The molecule has 0 saturated heterocycles. The highest BCUT2D eigenvalue weighted by molar-refractivity contribution is 7.10. The molecule has 2 N–H and O–H groups in total. The molecule has 0 unspecified atom stereocenters. The summed E-state index contributed by atoms with van der Waals surface area (Å²) in [7, 11) is 0. The van der Waals surface area contributed by atoms with Crippen molar-refractivity contribution in [2.75, 3.05) is 26.2 Å². The van der Waals surface area contributed by atoms with Crippen LogP contribution in [0, 0.1) is 0 Å². The summed E-state index contributed by atoms with van der Waals surface area (Å²) in [6.07, 6.45) is 0.891. The second kappa shape index (κ2) is 7.50.